The number of aliphatic carboxylic acids is 1. The molecule has 0 spiro atoms. The van der Waals surface area contributed by atoms with E-state index >= 15 is 0 Å². The Bertz CT molecular complexity index is 953. The van der Waals surface area contributed by atoms with Gasteiger partial charge in [0, 0.05) is 5.39 Å². The first-order chi connectivity index (χ1) is 14.6. The van der Waals surface area contributed by atoms with Gasteiger partial charge in [-0.3, -0.25) is 14.4 Å². The number of carbonyl (C=O) groups excluding carboxylic acids is 3. The van der Waals surface area contributed by atoms with Crippen molar-refractivity contribution in [2.75, 3.05) is 0 Å². The highest BCUT2D eigenvalue weighted by atomic mass is 16.5. The molecule has 8 heteroatoms. The standard InChI is InChI=1S/C23H28N2O6/c1-13(2)11-18(21(27)17(12-26)20(24)23(29)30)25-22(28)14(3)31-19-10-6-8-15-7-4-5-9-16(15)19/h4-10,12-14,17-18,20H,11,24H2,1-3H3,(H,25,28)(H,29,30)/t14?,17-,18+,20?/m1/s1. The van der Waals surface area contributed by atoms with Crippen molar-refractivity contribution >= 4 is 34.7 Å². The van der Waals surface area contributed by atoms with Gasteiger partial charge in [-0.05, 0) is 30.7 Å². The van der Waals surface area contributed by atoms with Gasteiger partial charge in [0.2, 0.25) is 0 Å². The number of ether oxygens (including phenoxy) is 1. The fourth-order valence-electron chi connectivity index (χ4n) is 3.26. The molecular weight excluding hydrogens is 400 g/mol. The Morgan fingerprint density at radius 2 is 1.74 bits per heavy atom. The molecule has 166 valence electrons. The highest BCUT2D eigenvalue weighted by Gasteiger charge is 2.36. The molecule has 2 aromatic carbocycles. The first kappa shape index (κ1) is 24.0. The third-order valence-corrected chi connectivity index (χ3v) is 4.94. The zero-order chi connectivity index (χ0) is 23.1. The number of Topliss-reactive ketones (excluding diaryl/α,β-unsaturated/α-hetero) is 1. The Kier molecular flexibility index (Phi) is 8.27. The number of ketones is 1. The van der Waals surface area contributed by atoms with Crippen LogP contribution in [0.15, 0.2) is 42.5 Å². The molecule has 2 rings (SSSR count). The van der Waals surface area contributed by atoms with Gasteiger partial charge in [-0.25, -0.2) is 0 Å². The van der Waals surface area contributed by atoms with Crippen molar-refractivity contribution in [2.45, 2.75) is 45.4 Å². The van der Waals surface area contributed by atoms with Gasteiger partial charge in [-0.2, -0.15) is 0 Å². The van der Waals surface area contributed by atoms with Crippen LogP contribution in [0, 0.1) is 11.8 Å². The van der Waals surface area contributed by atoms with Crippen LogP contribution in [0.4, 0.5) is 0 Å². The number of rotatable bonds is 11. The molecule has 0 aliphatic heterocycles. The zero-order valence-corrected chi connectivity index (χ0v) is 17.8. The summed E-state index contributed by atoms with van der Waals surface area (Å²) in [4.78, 5) is 48.1. The minimum absolute atomic E-state index is 0.00287. The van der Waals surface area contributed by atoms with E-state index < -0.39 is 41.8 Å². The summed E-state index contributed by atoms with van der Waals surface area (Å²) in [6, 6.07) is 10.3. The van der Waals surface area contributed by atoms with Crippen molar-refractivity contribution in [3.05, 3.63) is 42.5 Å². The van der Waals surface area contributed by atoms with Gasteiger partial charge in [0.25, 0.3) is 5.91 Å². The number of aldehydes is 1. The average Bonchev–Trinajstić information content (AvgIpc) is 2.73. The summed E-state index contributed by atoms with van der Waals surface area (Å²) in [5.74, 6) is -3.79. The highest BCUT2D eigenvalue weighted by molar-refractivity contribution is 6.03. The van der Waals surface area contributed by atoms with E-state index in [0.29, 0.717) is 5.75 Å². The average molecular weight is 428 g/mol. The Labute approximate surface area is 180 Å². The van der Waals surface area contributed by atoms with E-state index in [0.717, 1.165) is 10.8 Å². The number of carbonyl (C=O) groups is 4. The van der Waals surface area contributed by atoms with Gasteiger partial charge in [0.1, 0.15) is 24.0 Å². The fraction of sp³-hybridized carbons (Fsp3) is 0.391. The maximum absolute atomic E-state index is 12.8. The van der Waals surface area contributed by atoms with Crippen LogP contribution < -0.4 is 15.8 Å². The van der Waals surface area contributed by atoms with Crippen LogP contribution >= 0.6 is 0 Å². The van der Waals surface area contributed by atoms with Crippen molar-refractivity contribution in [1.29, 1.82) is 0 Å². The van der Waals surface area contributed by atoms with Crippen molar-refractivity contribution in [3.8, 4) is 5.75 Å². The van der Waals surface area contributed by atoms with Crippen LogP contribution in [0.2, 0.25) is 0 Å². The Hall–Kier alpha value is -3.26. The van der Waals surface area contributed by atoms with Crippen molar-refractivity contribution in [2.24, 2.45) is 17.6 Å². The highest BCUT2D eigenvalue weighted by Crippen LogP contribution is 2.26. The van der Waals surface area contributed by atoms with E-state index in [1.54, 1.807) is 13.0 Å². The monoisotopic (exact) mass is 428 g/mol. The van der Waals surface area contributed by atoms with Crippen molar-refractivity contribution in [1.82, 2.24) is 5.32 Å². The van der Waals surface area contributed by atoms with Gasteiger partial charge >= 0.3 is 5.97 Å². The minimum Gasteiger partial charge on any atom is -0.480 e. The van der Waals surface area contributed by atoms with Gasteiger partial charge in [0.15, 0.2) is 11.9 Å². The Morgan fingerprint density at radius 1 is 1.10 bits per heavy atom. The molecule has 0 radical (unpaired) electrons. The summed E-state index contributed by atoms with van der Waals surface area (Å²) in [6.07, 6.45) is -0.491. The lowest BCUT2D eigenvalue weighted by molar-refractivity contribution is -0.145. The first-order valence-corrected chi connectivity index (χ1v) is 10.1. The SMILES string of the molecule is CC(C)C[C@H](NC(=O)C(C)Oc1cccc2ccccc12)C(=O)[C@H](C=O)C(N)C(=O)O. The lowest BCUT2D eigenvalue weighted by Crippen LogP contribution is -2.53. The Morgan fingerprint density at radius 3 is 2.35 bits per heavy atom. The summed E-state index contributed by atoms with van der Waals surface area (Å²) in [7, 11) is 0. The zero-order valence-electron chi connectivity index (χ0n) is 17.8. The van der Waals surface area contributed by atoms with Gasteiger partial charge in [0.05, 0.1) is 6.04 Å². The maximum Gasteiger partial charge on any atom is 0.321 e. The number of carboxylic acid groups (broad SMARTS) is 1. The van der Waals surface area contributed by atoms with Crippen molar-refractivity contribution < 1.29 is 29.0 Å². The van der Waals surface area contributed by atoms with Gasteiger partial charge < -0.3 is 25.7 Å². The normalized spacial score (nSPS) is 15.0. The van der Waals surface area contributed by atoms with Crippen LogP contribution in [-0.2, 0) is 19.2 Å². The van der Waals surface area contributed by atoms with Crippen LogP contribution in [0.25, 0.3) is 10.8 Å². The number of hydrogen-bond acceptors (Lipinski definition) is 6. The van der Waals surface area contributed by atoms with E-state index in [1.165, 1.54) is 0 Å². The largest absolute Gasteiger partial charge is 0.480 e. The van der Waals surface area contributed by atoms with Gasteiger partial charge in [-0.1, -0.05) is 50.2 Å². The number of nitrogens with one attached hydrogen (secondary N) is 1. The van der Waals surface area contributed by atoms with Crippen LogP contribution in [0.5, 0.6) is 5.75 Å². The summed E-state index contributed by atoms with van der Waals surface area (Å²) in [5, 5.41) is 13.5. The molecule has 0 aliphatic carbocycles. The van der Waals surface area contributed by atoms with Crippen LogP contribution in [-0.4, -0.2) is 47.2 Å². The maximum atomic E-state index is 12.8. The summed E-state index contributed by atoms with van der Waals surface area (Å²) in [5.41, 5.74) is 5.50. The van der Waals surface area contributed by atoms with Crippen LogP contribution in [0.3, 0.4) is 0 Å². The van der Waals surface area contributed by atoms with E-state index in [9.17, 15) is 19.2 Å². The van der Waals surface area contributed by atoms with Crippen molar-refractivity contribution in [3.63, 3.8) is 0 Å². The summed E-state index contributed by atoms with van der Waals surface area (Å²) >= 11 is 0. The molecule has 0 aromatic heterocycles. The number of fused-ring (bicyclic) bond motifs is 1. The summed E-state index contributed by atoms with van der Waals surface area (Å²) in [6.45, 7) is 5.24. The van der Waals surface area contributed by atoms with Crippen LogP contribution in [0.1, 0.15) is 27.2 Å². The number of benzene rings is 2. The number of nitrogens with two attached hydrogens (primary N) is 1. The molecule has 2 unspecified atom stereocenters. The third kappa shape index (κ3) is 6.11. The predicted molar refractivity (Wildman–Crippen MR) is 116 cm³/mol. The molecule has 31 heavy (non-hydrogen) atoms. The number of carboxylic acids is 1. The lowest BCUT2D eigenvalue weighted by atomic mass is 9.88. The number of amides is 1. The predicted octanol–water partition coefficient (Wildman–Crippen LogP) is 1.93. The van der Waals surface area contributed by atoms with E-state index in [2.05, 4.69) is 5.32 Å². The fourth-order valence-corrected chi connectivity index (χ4v) is 3.26. The third-order valence-electron chi connectivity index (χ3n) is 4.94. The number of hydrogen-bond donors (Lipinski definition) is 3. The molecule has 1 amide bonds. The quantitative estimate of drug-likeness (QED) is 0.367. The van der Waals surface area contributed by atoms with E-state index in [4.69, 9.17) is 15.6 Å². The molecule has 0 fully saturated rings. The molecule has 8 nitrogen and oxygen atoms in total. The molecular formula is C23H28N2O6. The lowest BCUT2D eigenvalue weighted by Gasteiger charge is -2.25. The molecule has 0 bridgehead atoms. The smallest absolute Gasteiger partial charge is 0.321 e. The molecule has 4 atom stereocenters. The second kappa shape index (κ2) is 10.7. The molecule has 0 aliphatic rings. The first-order valence-electron chi connectivity index (χ1n) is 10.1. The van der Waals surface area contributed by atoms with E-state index in [1.807, 2.05) is 50.2 Å². The van der Waals surface area contributed by atoms with Gasteiger partial charge in [-0.15, -0.1) is 0 Å². The topological polar surface area (TPSA) is 136 Å². The minimum atomic E-state index is -1.68. The molecule has 2 aromatic rings. The molecule has 0 saturated carbocycles. The Balaban J connectivity index is 2.18. The summed E-state index contributed by atoms with van der Waals surface area (Å²) < 4.78 is 5.84. The second-order valence-corrected chi connectivity index (χ2v) is 7.86. The second-order valence-electron chi connectivity index (χ2n) is 7.86. The molecule has 4 N–H and O–H groups in total. The molecule has 0 heterocycles. The molecule has 0 saturated heterocycles. The van der Waals surface area contributed by atoms with E-state index in [-0.39, 0.29) is 18.6 Å².